The molecule has 22 heavy (non-hydrogen) atoms. The highest BCUT2D eigenvalue weighted by Gasteiger charge is 2.35. The third-order valence-corrected chi connectivity index (χ3v) is 5.78. The summed E-state index contributed by atoms with van der Waals surface area (Å²) in [5.74, 6) is -1.02. The van der Waals surface area contributed by atoms with Crippen LogP contribution in [0, 0.1) is 5.92 Å². The lowest BCUT2D eigenvalue weighted by atomic mass is 9.79. The molecule has 1 N–H and O–H groups in total. The van der Waals surface area contributed by atoms with E-state index in [1.807, 2.05) is 13.0 Å². The minimum atomic E-state index is -0.356. The van der Waals surface area contributed by atoms with Crippen LogP contribution in [0.3, 0.4) is 0 Å². The molecule has 0 fully saturated rings. The molecule has 0 radical (unpaired) electrons. The van der Waals surface area contributed by atoms with E-state index in [9.17, 15) is 14.7 Å². The van der Waals surface area contributed by atoms with E-state index >= 15 is 0 Å². The predicted molar refractivity (Wildman–Crippen MR) is 96.2 cm³/mol. The monoisotopic (exact) mass is 414 g/mol. The number of carbonyl (C=O) groups is 2. The smallest absolute Gasteiger partial charge is 0.223 e. The van der Waals surface area contributed by atoms with E-state index in [1.54, 1.807) is 0 Å². The highest BCUT2D eigenvalue weighted by atomic mass is 127. The van der Waals surface area contributed by atoms with E-state index in [4.69, 9.17) is 0 Å². The molecule has 0 bridgehead atoms. The Kier molecular flexibility index (Phi) is 6.01. The lowest BCUT2D eigenvalue weighted by Crippen LogP contribution is -2.29. The highest BCUT2D eigenvalue weighted by molar-refractivity contribution is 14.1. The van der Waals surface area contributed by atoms with Crippen molar-refractivity contribution in [2.75, 3.05) is 0 Å². The van der Waals surface area contributed by atoms with Gasteiger partial charge >= 0.3 is 0 Å². The van der Waals surface area contributed by atoms with Crippen LogP contribution >= 0.6 is 22.6 Å². The van der Waals surface area contributed by atoms with Crippen LogP contribution in [0.15, 0.2) is 34.6 Å². The van der Waals surface area contributed by atoms with Crippen molar-refractivity contribution in [3.63, 3.8) is 0 Å². The number of hydrogen-bond acceptors (Lipinski definition) is 3. The van der Waals surface area contributed by atoms with Crippen molar-refractivity contribution in [3.05, 3.63) is 34.6 Å². The SMILES string of the molecule is CCCCCC1=CC(=O)C([C@@H]2C=C(C)CCC2I)=C(O)C1=O. The topological polar surface area (TPSA) is 54.4 Å². The molecule has 2 atom stereocenters. The number of unbranched alkanes of at least 4 members (excludes halogenated alkanes) is 2. The van der Waals surface area contributed by atoms with Gasteiger partial charge in [0.1, 0.15) is 0 Å². The number of alkyl halides is 1. The third kappa shape index (κ3) is 3.70. The van der Waals surface area contributed by atoms with Crippen molar-refractivity contribution in [1.82, 2.24) is 0 Å². The zero-order valence-corrected chi connectivity index (χ0v) is 15.4. The zero-order valence-electron chi connectivity index (χ0n) is 13.2. The largest absolute Gasteiger partial charge is 0.504 e. The Bertz CT molecular complexity index is 569. The molecule has 2 aliphatic carbocycles. The maximum Gasteiger partial charge on any atom is 0.223 e. The highest BCUT2D eigenvalue weighted by Crippen LogP contribution is 2.37. The molecule has 0 aromatic rings. The first-order valence-corrected chi connectivity index (χ1v) is 9.24. The van der Waals surface area contributed by atoms with Gasteiger partial charge in [0.05, 0.1) is 5.57 Å². The Balaban J connectivity index is 2.25. The molecule has 0 saturated heterocycles. The van der Waals surface area contributed by atoms with Crippen molar-refractivity contribution < 1.29 is 14.7 Å². The molecular weight excluding hydrogens is 391 g/mol. The quantitative estimate of drug-likeness (QED) is 0.235. The van der Waals surface area contributed by atoms with Crippen LogP contribution in [0.2, 0.25) is 0 Å². The van der Waals surface area contributed by atoms with Crippen LogP contribution < -0.4 is 0 Å². The summed E-state index contributed by atoms with van der Waals surface area (Å²) >= 11 is 2.32. The van der Waals surface area contributed by atoms with Crippen LogP contribution in [-0.2, 0) is 9.59 Å². The van der Waals surface area contributed by atoms with Crippen LogP contribution in [0.1, 0.15) is 52.4 Å². The Morgan fingerprint density at radius 2 is 2.05 bits per heavy atom. The Hall–Kier alpha value is -0.910. The number of ketones is 2. The van der Waals surface area contributed by atoms with E-state index in [1.165, 1.54) is 11.6 Å². The Morgan fingerprint density at radius 1 is 1.32 bits per heavy atom. The second kappa shape index (κ2) is 7.57. The summed E-state index contributed by atoms with van der Waals surface area (Å²) < 4.78 is 0.241. The Labute approximate surface area is 145 Å². The van der Waals surface area contributed by atoms with Crippen molar-refractivity contribution in [3.8, 4) is 0 Å². The molecule has 3 nitrogen and oxygen atoms in total. The number of Topliss-reactive ketones (excluding diaryl/α,β-unsaturated/α-hetero) is 1. The van der Waals surface area contributed by atoms with Crippen molar-refractivity contribution in [1.29, 1.82) is 0 Å². The molecule has 0 spiro atoms. The van der Waals surface area contributed by atoms with Crippen molar-refractivity contribution in [2.45, 2.75) is 56.3 Å². The van der Waals surface area contributed by atoms with Gasteiger partial charge in [-0.2, -0.15) is 0 Å². The van der Waals surface area contributed by atoms with Gasteiger partial charge in [0.2, 0.25) is 5.78 Å². The fraction of sp³-hybridized carbons (Fsp3) is 0.556. The molecule has 2 rings (SSSR count). The first kappa shape index (κ1) is 17.4. The Morgan fingerprint density at radius 3 is 2.73 bits per heavy atom. The number of hydrogen-bond donors (Lipinski definition) is 1. The summed E-state index contributed by atoms with van der Waals surface area (Å²) in [6.07, 6.45) is 9.00. The summed E-state index contributed by atoms with van der Waals surface area (Å²) in [6.45, 7) is 4.13. The molecular formula is C18H23IO3. The molecule has 0 amide bonds. The number of halogens is 1. The molecule has 0 heterocycles. The van der Waals surface area contributed by atoms with E-state index < -0.39 is 0 Å². The first-order chi connectivity index (χ1) is 10.5. The van der Waals surface area contributed by atoms with Crippen LogP contribution in [0.5, 0.6) is 0 Å². The second-order valence-electron chi connectivity index (χ2n) is 6.18. The molecule has 120 valence electrons. The molecule has 0 saturated carbocycles. The molecule has 4 heteroatoms. The lowest BCUT2D eigenvalue weighted by molar-refractivity contribution is -0.118. The summed E-state index contributed by atoms with van der Waals surface area (Å²) in [5, 5.41) is 10.3. The molecule has 0 aromatic carbocycles. The van der Waals surface area contributed by atoms with E-state index in [2.05, 4.69) is 29.5 Å². The molecule has 0 aromatic heterocycles. The average molecular weight is 414 g/mol. The summed E-state index contributed by atoms with van der Waals surface area (Å²) in [6, 6.07) is 0. The summed E-state index contributed by atoms with van der Waals surface area (Å²) in [7, 11) is 0. The minimum Gasteiger partial charge on any atom is -0.504 e. The number of allylic oxidation sites excluding steroid dienone is 5. The molecule has 0 aliphatic heterocycles. The van der Waals surface area contributed by atoms with Crippen LogP contribution in [0.25, 0.3) is 0 Å². The summed E-state index contributed by atoms with van der Waals surface area (Å²) in [5.41, 5.74) is 1.97. The zero-order chi connectivity index (χ0) is 16.3. The molecule has 2 aliphatic rings. The lowest BCUT2D eigenvalue weighted by Gasteiger charge is -2.28. The van der Waals surface area contributed by atoms with E-state index in [0.29, 0.717) is 17.6 Å². The van der Waals surface area contributed by atoms with Gasteiger partial charge in [0.25, 0.3) is 0 Å². The predicted octanol–water partition coefficient (Wildman–Crippen LogP) is 4.62. The normalized spacial score (nSPS) is 26.1. The van der Waals surface area contributed by atoms with Gasteiger partial charge in [-0.25, -0.2) is 0 Å². The fourth-order valence-electron chi connectivity index (χ4n) is 3.07. The number of aliphatic hydroxyl groups is 1. The number of aliphatic hydroxyl groups excluding tert-OH is 1. The third-order valence-electron chi connectivity index (χ3n) is 4.38. The van der Waals surface area contributed by atoms with Gasteiger partial charge in [0, 0.05) is 15.4 Å². The number of rotatable bonds is 5. The van der Waals surface area contributed by atoms with Gasteiger partial charge in [-0.1, -0.05) is 54.0 Å². The van der Waals surface area contributed by atoms with Crippen LogP contribution in [0.4, 0.5) is 0 Å². The van der Waals surface area contributed by atoms with Crippen LogP contribution in [-0.4, -0.2) is 20.6 Å². The van der Waals surface area contributed by atoms with Gasteiger partial charge < -0.3 is 5.11 Å². The van der Waals surface area contributed by atoms with Gasteiger partial charge in [-0.05, 0) is 38.7 Å². The average Bonchev–Trinajstić information content (AvgIpc) is 2.48. The molecule has 1 unspecified atom stereocenters. The van der Waals surface area contributed by atoms with Crippen molar-refractivity contribution in [2.24, 2.45) is 5.92 Å². The van der Waals surface area contributed by atoms with E-state index in [0.717, 1.165) is 32.1 Å². The summed E-state index contributed by atoms with van der Waals surface area (Å²) in [4.78, 5) is 24.8. The van der Waals surface area contributed by atoms with E-state index in [-0.39, 0.29) is 27.2 Å². The minimum absolute atomic E-state index is 0.153. The van der Waals surface area contributed by atoms with Crippen molar-refractivity contribution >= 4 is 34.2 Å². The van der Waals surface area contributed by atoms with Gasteiger partial charge in [-0.15, -0.1) is 0 Å². The standard InChI is InChI=1S/C18H23IO3/c1-3-4-5-6-12-10-15(20)16(18(22)17(12)21)13-9-11(2)7-8-14(13)19/h9-10,13-14,22H,3-8H2,1-2H3/t13-,14?/m1/s1. The van der Waals surface area contributed by atoms with Gasteiger partial charge in [-0.3, -0.25) is 9.59 Å². The maximum absolute atomic E-state index is 12.5. The first-order valence-electron chi connectivity index (χ1n) is 7.99. The second-order valence-corrected chi connectivity index (χ2v) is 7.78. The van der Waals surface area contributed by atoms with Gasteiger partial charge in [0.15, 0.2) is 11.5 Å². The maximum atomic E-state index is 12.5. The number of carbonyl (C=O) groups excluding carboxylic acids is 2. The fourth-order valence-corrected chi connectivity index (χ4v) is 3.95.